The van der Waals surface area contributed by atoms with E-state index in [1.807, 2.05) is 6.07 Å². The van der Waals surface area contributed by atoms with E-state index < -0.39 is 29.9 Å². The van der Waals surface area contributed by atoms with Gasteiger partial charge in [0.15, 0.2) is 0 Å². The molecule has 2 heterocycles. The van der Waals surface area contributed by atoms with Crippen LogP contribution >= 0.6 is 11.8 Å². The summed E-state index contributed by atoms with van der Waals surface area (Å²) in [6.45, 7) is 1.88. The van der Waals surface area contributed by atoms with Gasteiger partial charge in [0, 0.05) is 13.1 Å². The normalized spacial score (nSPS) is 19.3. The summed E-state index contributed by atoms with van der Waals surface area (Å²) >= 11 is 1.22. The quantitative estimate of drug-likeness (QED) is 0.279. The third-order valence-electron chi connectivity index (χ3n) is 4.87. The minimum atomic E-state index is -0.879. The minimum Gasteiger partial charge on any atom is -0.466 e. The Kier molecular flexibility index (Phi) is 6.56. The van der Waals surface area contributed by atoms with Crippen LogP contribution in [-0.4, -0.2) is 70.4 Å². The van der Waals surface area contributed by atoms with Gasteiger partial charge in [0.05, 0.1) is 30.0 Å². The van der Waals surface area contributed by atoms with Crippen LogP contribution in [0.1, 0.15) is 24.9 Å². The lowest BCUT2D eigenvalue weighted by molar-refractivity contribution is -0.144. The van der Waals surface area contributed by atoms with Crippen molar-refractivity contribution in [3.05, 3.63) is 47.0 Å². The molecule has 5 amide bonds. The second-order valence-electron chi connectivity index (χ2n) is 6.69. The summed E-state index contributed by atoms with van der Waals surface area (Å²) < 4.78 is 4.58. The van der Waals surface area contributed by atoms with Crippen LogP contribution in [0.25, 0.3) is 0 Å². The lowest BCUT2D eigenvalue weighted by atomic mass is 10.1. The standard InChI is InChI=1S/C20H21N3O6S/c1-13(14-7-4-3-5-8-14)23-19(27)18(26)22(20(23)28)10-6-9-21-15(24)12-30-16(21)11-17(25)29-2/h3-5,7-8,11,13H,6,9-10,12H2,1-2H3/b16-11-. The van der Waals surface area contributed by atoms with Crippen molar-refractivity contribution in [3.63, 3.8) is 0 Å². The average molecular weight is 431 g/mol. The van der Waals surface area contributed by atoms with Crippen molar-refractivity contribution in [2.24, 2.45) is 0 Å². The van der Waals surface area contributed by atoms with Gasteiger partial charge < -0.3 is 9.64 Å². The van der Waals surface area contributed by atoms with Crippen molar-refractivity contribution in [3.8, 4) is 0 Å². The Balaban J connectivity index is 1.64. The smallest absolute Gasteiger partial charge is 0.334 e. The zero-order chi connectivity index (χ0) is 21.8. The number of benzene rings is 1. The minimum absolute atomic E-state index is 0.0125. The summed E-state index contributed by atoms with van der Waals surface area (Å²) in [6, 6.07) is 7.72. The highest BCUT2D eigenvalue weighted by Gasteiger charge is 2.46. The molecule has 0 N–H and O–H groups in total. The number of carbonyl (C=O) groups is 5. The van der Waals surface area contributed by atoms with Gasteiger partial charge in [0.2, 0.25) is 5.91 Å². The van der Waals surface area contributed by atoms with E-state index in [2.05, 4.69) is 4.74 Å². The molecular weight excluding hydrogens is 410 g/mol. The Morgan fingerprint density at radius 2 is 1.77 bits per heavy atom. The first-order chi connectivity index (χ1) is 14.3. The molecule has 1 aromatic carbocycles. The van der Waals surface area contributed by atoms with Crippen LogP contribution in [0.3, 0.4) is 0 Å². The Bertz CT molecular complexity index is 916. The van der Waals surface area contributed by atoms with Gasteiger partial charge in [-0.1, -0.05) is 42.1 Å². The zero-order valence-corrected chi connectivity index (χ0v) is 17.4. The summed E-state index contributed by atoms with van der Waals surface area (Å²) in [7, 11) is 1.25. The fourth-order valence-corrected chi connectivity index (χ4v) is 4.21. The van der Waals surface area contributed by atoms with E-state index in [-0.39, 0.29) is 31.2 Å². The van der Waals surface area contributed by atoms with Crippen LogP contribution in [0.15, 0.2) is 41.4 Å². The van der Waals surface area contributed by atoms with Crippen LogP contribution in [0.4, 0.5) is 4.79 Å². The van der Waals surface area contributed by atoms with Gasteiger partial charge >= 0.3 is 23.8 Å². The van der Waals surface area contributed by atoms with Crippen LogP contribution < -0.4 is 0 Å². The first-order valence-corrected chi connectivity index (χ1v) is 10.3. The zero-order valence-electron chi connectivity index (χ0n) is 16.6. The molecule has 1 unspecified atom stereocenters. The van der Waals surface area contributed by atoms with E-state index in [1.165, 1.54) is 29.8 Å². The second kappa shape index (κ2) is 9.12. The number of methoxy groups -OCH3 is 1. The number of ether oxygens (including phenoxy) is 1. The predicted octanol–water partition coefficient (Wildman–Crippen LogP) is 1.52. The number of hydrogen-bond donors (Lipinski definition) is 0. The molecule has 2 aliphatic heterocycles. The summed E-state index contributed by atoms with van der Waals surface area (Å²) in [5.41, 5.74) is 0.742. The van der Waals surface area contributed by atoms with Crippen molar-refractivity contribution in [2.45, 2.75) is 19.4 Å². The number of thioether (sulfide) groups is 1. The van der Waals surface area contributed by atoms with Gasteiger partial charge in [-0.25, -0.2) is 14.5 Å². The number of rotatable bonds is 7. The molecule has 0 aliphatic carbocycles. The topological polar surface area (TPSA) is 104 Å². The monoisotopic (exact) mass is 431 g/mol. The molecule has 3 rings (SSSR count). The largest absolute Gasteiger partial charge is 0.466 e. The molecule has 0 saturated carbocycles. The third-order valence-corrected chi connectivity index (χ3v) is 5.90. The molecule has 2 fully saturated rings. The maximum atomic E-state index is 12.7. The SMILES string of the molecule is COC(=O)/C=C1\SCC(=O)N1CCCN1C(=O)C(=O)N(C(C)c2ccccc2)C1=O. The highest BCUT2D eigenvalue weighted by Crippen LogP contribution is 2.30. The Labute approximate surface area is 177 Å². The van der Waals surface area contributed by atoms with Crippen molar-refractivity contribution in [2.75, 3.05) is 26.0 Å². The molecule has 30 heavy (non-hydrogen) atoms. The number of amides is 5. The molecule has 1 aromatic rings. The maximum Gasteiger partial charge on any atom is 0.334 e. The summed E-state index contributed by atoms with van der Waals surface area (Å²) in [4.78, 5) is 64.3. The van der Waals surface area contributed by atoms with Gasteiger partial charge in [-0.15, -0.1) is 0 Å². The van der Waals surface area contributed by atoms with Gasteiger partial charge in [-0.3, -0.25) is 19.3 Å². The van der Waals surface area contributed by atoms with E-state index in [1.54, 1.807) is 31.2 Å². The number of imide groups is 2. The van der Waals surface area contributed by atoms with E-state index >= 15 is 0 Å². The molecule has 0 bridgehead atoms. The molecule has 2 saturated heterocycles. The van der Waals surface area contributed by atoms with E-state index in [9.17, 15) is 24.0 Å². The summed E-state index contributed by atoms with van der Waals surface area (Å²) in [5.74, 6) is -2.29. The van der Waals surface area contributed by atoms with Crippen molar-refractivity contribution < 1.29 is 28.7 Å². The van der Waals surface area contributed by atoms with Crippen LogP contribution in [0.5, 0.6) is 0 Å². The number of esters is 1. The van der Waals surface area contributed by atoms with Crippen molar-refractivity contribution in [1.29, 1.82) is 0 Å². The lowest BCUT2D eigenvalue weighted by Gasteiger charge is -2.23. The molecular formula is C20H21N3O6S. The predicted molar refractivity (Wildman–Crippen MR) is 108 cm³/mol. The van der Waals surface area contributed by atoms with Crippen molar-refractivity contribution >= 4 is 41.5 Å². The average Bonchev–Trinajstić information content (AvgIpc) is 3.19. The van der Waals surface area contributed by atoms with Crippen LogP contribution in [0.2, 0.25) is 0 Å². The van der Waals surface area contributed by atoms with Crippen LogP contribution in [-0.2, 0) is 23.9 Å². The number of nitrogens with zero attached hydrogens (tertiary/aromatic N) is 3. The first kappa shape index (κ1) is 21.6. The Morgan fingerprint density at radius 3 is 2.43 bits per heavy atom. The van der Waals surface area contributed by atoms with Gasteiger partial charge in [0.1, 0.15) is 0 Å². The highest BCUT2D eigenvalue weighted by atomic mass is 32.2. The van der Waals surface area contributed by atoms with Crippen molar-refractivity contribution in [1.82, 2.24) is 14.7 Å². The van der Waals surface area contributed by atoms with E-state index in [0.717, 1.165) is 15.4 Å². The number of carbonyl (C=O) groups excluding carboxylic acids is 5. The fourth-order valence-electron chi connectivity index (χ4n) is 3.26. The van der Waals surface area contributed by atoms with Gasteiger partial charge in [0.25, 0.3) is 0 Å². The number of hydrogen-bond acceptors (Lipinski definition) is 7. The molecule has 9 nitrogen and oxygen atoms in total. The Hall–Kier alpha value is -3.14. The summed E-state index contributed by atoms with van der Waals surface area (Å²) in [6.07, 6.45) is 1.50. The molecule has 1 atom stereocenters. The Morgan fingerprint density at radius 1 is 1.10 bits per heavy atom. The van der Waals surface area contributed by atoms with E-state index in [4.69, 9.17) is 0 Å². The van der Waals surface area contributed by atoms with Gasteiger partial charge in [-0.2, -0.15) is 0 Å². The molecule has 10 heteroatoms. The third kappa shape index (κ3) is 4.23. The van der Waals surface area contributed by atoms with Gasteiger partial charge in [-0.05, 0) is 18.9 Å². The highest BCUT2D eigenvalue weighted by molar-refractivity contribution is 8.04. The fraction of sp³-hybridized carbons (Fsp3) is 0.350. The lowest BCUT2D eigenvalue weighted by Crippen LogP contribution is -2.36. The number of urea groups is 1. The van der Waals surface area contributed by atoms with E-state index in [0.29, 0.717) is 5.03 Å². The maximum absolute atomic E-state index is 12.7. The molecule has 0 aromatic heterocycles. The molecule has 0 radical (unpaired) electrons. The molecule has 0 spiro atoms. The first-order valence-electron chi connectivity index (χ1n) is 9.32. The molecule has 158 valence electrons. The second-order valence-corrected chi connectivity index (χ2v) is 7.69. The van der Waals surface area contributed by atoms with Crippen LogP contribution in [0, 0.1) is 0 Å². The summed E-state index contributed by atoms with van der Waals surface area (Å²) in [5, 5.41) is 0.460. The molecule has 2 aliphatic rings.